The zero-order valence-electron chi connectivity index (χ0n) is 11.6. The van der Waals surface area contributed by atoms with Crippen LogP contribution in [0.25, 0.3) is 0 Å². The van der Waals surface area contributed by atoms with Crippen molar-refractivity contribution >= 4 is 0 Å². The highest BCUT2D eigenvalue weighted by Crippen LogP contribution is 2.37. The molecule has 1 heterocycles. The summed E-state index contributed by atoms with van der Waals surface area (Å²) in [7, 11) is 0. The lowest BCUT2D eigenvalue weighted by Gasteiger charge is -2.31. The summed E-state index contributed by atoms with van der Waals surface area (Å²) in [4.78, 5) is 0. The minimum absolute atomic E-state index is 0.0731. The summed E-state index contributed by atoms with van der Waals surface area (Å²) in [5, 5.41) is 10.5. The molecule has 1 saturated heterocycles. The Balaban J connectivity index is 2.54. The highest BCUT2D eigenvalue weighted by molar-refractivity contribution is 5.03. The lowest BCUT2D eigenvalue weighted by atomic mass is 9.90. The van der Waals surface area contributed by atoms with Gasteiger partial charge in [0.2, 0.25) is 0 Å². The molecule has 98 valence electrons. The maximum Gasteiger partial charge on any atom is 0.0883 e. The highest BCUT2D eigenvalue weighted by atomic mass is 16.5. The predicted molar refractivity (Wildman–Crippen MR) is 72.0 cm³/mol. The van der Waals surface area contributed by atoms with E-state index in [1.165, 1.54) is 5.57 Å². The van der Waals surface area contributed by atoms with E-state index in [1.807, 2.05) is 19.9 Å². The monoisotopic (exact) mass is 238 g/mol. The van der Waals surface area contributed by atoms with Gasteiger partial charge in [0, 0.05) is 0 Å². The number of aliphatic hydroxyl groups is 1. The van der Waals surface area contributed by atoms with E-state index in [0.29, 0.717) is 0 Å². The molecule has 0 aromatic heterocycles. The molecule has 1 N–H and O–H groups in total. The molecule has 0 aromatic carbocycles. The van der Waals surface area contributed by atoms with Crippen molar-refractivity contribution in [2.45, 2.75) is 70.7 Å². The van der Waals surface area contributed by atoms with Gasteiger partial charge in [0.25, 0.3) is 0 Å². The van der Waals surface area contributed by atoms with Crippen molar-refractivity contribution in [2.75, 3.05) is 0 Å². The summed E-state index contributed by atoms with van der Waals surface area (Å²) < 4.78 is 5.93. The van der Waals surface area contributed by atoms with Gasteiger partial charge in [0.15, 0.2) is 0 Å². The van der Waals surface area contributed by atoms with E-state index in [1.54, 1.807) is 0 Å². The maximum absolute atomic E-state index is 10.5. The Bertz CT molecular complexity index is 300. The van der Waals surface area contributed by atoms with Crippen molar-refractivity contribution in [1.82, 2.24) is 0 Å². The van der Waals surface area contributed by atoms with Gasteiger partial charge in [-0.25, -0.2) is 0 Å². The molecule has 0 saturated carbocycles. The van der Waals surface area contributed by atoms with Gasteiger partial charge >= 0.3 is 0 Å². The molecule has 2 heteroatoms. The van der Waals surface area contributed by atoms with Crippen molar-refractivity contribution < 1.29 is 9.84 Å². The molecule has 1 fully saturated rings. The van der Waals surface area contributed by atoms with Crippen LogP contribution in [-0.4, -0.2) is 22.4 Å². The van der Waals surface area contributed by atoms with E-state index in [-0.39, 0.29) is 11.7 Å². The molecule has 0 aliphatic carbocycles. The zero-order valence-corrected chi connectivity index (χ0v) is 11.6. The number of hydrogen-bond donors (Lipinski definition) is 1. The number of hydrogen-bond acceptors (Lipinski definition) is 2. The Labute approximate surface area is 105 Å². The van der Waals surface area contributed by atoms with E-state index in [9.17, 15) is 5.11 Å². The third-order valence-electron chi connectivity index (χ3n) is 3.64. The predicted octanol–water partition coefficient (Wildman–Crippen LogP) is 3.61. The largest absolute Gasteiger partial charge is 0.387 e. The van der Waals surface area contributed by atoms with Gasteiger partial charge in [-0.2, -0.15) is 0 Å². The quantitative estimate of drug-likeness (QED) is 0.741. The van der Waals surface area contributed by atoms with E-state index in [2.05, 4.69) is 26.5 Å². The van der Waals surface area contributed by atoms with E-state index in [0.717, 1.165) is 25.7 Å². The van der Waals surface area contributed by atoms with Crippen molar-refractivity contribution in [3.63, 3.8) is 0 Å². The summed E-state index contributed by atoms with van der Waals surface area (Å²) in [6, 6.07) is 0. The van der Waals surface area contributed by atoms with Crippen molar-refractivity contribution in [1.29, 1.82) is 0 Å². The fourth-order valence-corrected chi connectivity index (χ4v) is 2.26. The first kappa shape index (κ1) is 14.5. The van der Waals surface area contributed by atoms with Crippen LogP contribution in [0.2, 0.25) is 0 Å². The van der Waals surface area contributed by atoms with E-state index >= 15 is 0 Å². The van der Waals surface area contributed by atoms with Gasteiger partial charge < -0.3 is 9.84 Å². The standard InChI is InChI=1S/C15H26O2/c1-6-14(4)11-9-13(17-14)15(5,16)10-7-8-12(2)3/h6,8,13,16H,1,7,9-11H2,2-5H3/t13-,14+,15?/m0/s1. The Morgan fingerprint density at radius 2 is 2.24 bits per heavy atom. The number of allylic oxidation sites excluding steroid dienone is 2. The highest BCUT2D eigenvalue weighted by Gasteiger charge is 2.42. The molecule has 1 rings (SSSR count). The molecule has 0 aromatic rings. The Kier molecular flexibility index (Phi) is 4.56. The molecule has 3 atom stereocenters. The first-order valence-corrected chi connectivity index (χ1v) is 6.46. The molecule has 0 radical (unpaired) electrons. The van der Waals surface area contributed by atoms with Crippen LogP contribution < -0.4 is 0 Å². The normalized spacial score (nSPS) is 31.9. The van der Waals surface area contributed by atoms with Crippen LogP contribution >= 0.6 is 0 Å². The van der Waals surface area contributed by atoms with E-state index in [4.69, 9.17) is 4.74 Å². The average molecular weight is 238 g/mol. The summed E-state index contributed by atoms with van der Waals surface area (Å²) in [5.41, 5.74) is 0.293. The van der Waals surface area contributed by atoms with Crippen LogP contribution in [0.5, 0.6) is 0 Å². The third-order valence-corrected chi connectivity index (χ3v) is 3.64. The van der Waals surface area contributed by atoms with Crippen LogP contribution in [0.1, 0.15) is 53.4 Å². The zero-order chi connectivity index (χ0) is 13.1. The molecular weight excluding hydrogens is 212 g/mol. The lowest BCUT2D eigenvalue weighted by molar-refractivity contribution is -0.112. The number of ether oxygens (including phenoxy) is 1. The van der Waals surface area contributed by atoms with Crippen LogP contribution in [-0.2, 0) is 4.74 Å². The SMILES string of the molecule is C=C[C@]1(C)CC[C@@H](C(C)(O)CCC=C(C)C)O1. The molecule has 1 unspecified atom stereocenters. The van der Waals surface area contributed by atoms with Gasteiger partial charge in [-0.1, -0.05) is 17.7 Å². The smallest absolute Gasteiger partial charge is 0.0883 e. The molecule has 2 nitrogen and oxygen atoms in total. The molecule has 0 bridgehead atoms. The van der Waals surface area contributed by atoms with E-state index < -0.39 is 5.60 Å². The Morgan fingerprint density at radius 1 is 1.59 bits per heavy atom. The van der Waals surface area contributed by atoms with Crippen LogP contribution in [0, 0.1) is 0 Å². The summed E-state index contributed by atoms with van der Waals surface area (Å²) in [5.74, 6) is 0. The van der Waals surface area contributed by atoms with Crippen molar-refractivity contribution in [3.8, 4) is 0 Å². The second kappa shape index (κ2) is 5.36. The second-order valence-electron chi connectivity index (χ2n) is 5.84. The van der Waals surface area contributed by atoms with Gasteiger partial charge in [-0.15, -0.1) is 6.58 Å². The summed E-state index contributed by atoms with van der Waals surface area (Å²) >= 11 is 0. The van der Waals surface area contributed by atoms with Crippen LogP contribution in [0.3, 0.4) is 0 Å². The Hall–Kier alpha value is -0.600. The number of rotatable bonds is 5. The van der Waals surface area contributed by atoms with Crippen LogP contribution in [0.15, 0.2) is 24.3 Å². The Morgan fingerprint density at radius 3 is 2.71 bits per heavy atom. The lowest BCUT2D eigenvalue weighted by Crippen LogP contribution is -2.40. The fourth-order valence-electron chi connectivity index (χ4n) is 2.26. The molecule has 17 heavy (non-hydrogen) atoms. The fraction of sp³-hybridized carbons (Fsp3) is 0.733. The first-order chi connectivity index (χ1) is 7.79. The minimum Gasteiger partial charge on any atom is -0.387 e. The minimum atomic E-state index is -0.743. The summed E-state index contributed by atoms with van der Waals surface area (Å²) in [6.45, 7) is 11.9. The topological polar surface area (TPSA) is 29.5 Å². The van der Waals surface area contributed by atoms with Gasteiger partial charge in [-0.05, 0) is 53.4 Å². The molecule has 1 aliphatic heterocycles. The first-order valence-electron chi connectivity index (χ1n) is 6.46. The van der Waals surface area contributed by atoms with Gasteiger partial charge in [-0.3, -0.25) is 0 Å². The second-order valence-corrected chi connectivity index (χ2v) is 5.84. The molecular formula is C15H26O2. The summed E-state index contributed by atoms with van der Waals surface area (Å²) in [6.07, 6.45) is 7.44. The average Bonchev–Trinajstić information content (AvgIpc) is 2.62. The maximum atomic E-state index is 10.5. The van der Waals surface area contributed by atoms with Crippen LogP contribution in [0.4, 0.5) is 0 Å². The molecule has 1 aliphatic rings. The molecule has 0 spiro atoms. The van der Waals surface area contributed by atoms with Gasteiger partial charge in [0.1, 0.15) is 0 Å². The molecule has 0 amide bonds. The van der Waals surface area contributed by atoms with Crippen molar-refractivity contribution in [2.24, 2.45) is 0 Å². The van der Waals surface area contributed by atoms with Crippen molar-refractivity contribution in [3.05, 3.63) is 24.3 Å². The third kappa shape index (κ3) is 3.97. The van der Waals surface area contributed by atoms with Gasteiger partial charge in [0.05, 0.1) is 17.3 Å².